The number of urea groups is 1. The predicted molar refractivity (Wildman–Crippen MR) is 116 cm³/mol. The van der Waals surface area contributed by atoms with Crippen molar-refractivity contribution < 1.29 is 32.3 Å². The molecule has 2 aromatic carbocycles. The van der Waals surface area contributed by atoms with Crippen molar-refractivity contribution >= 4 is 23.5 Å². The van der Waals surface area contributed by atoms with Crippen LogP contribution in [-0.2, 0) is 21.5 Å². The van der Waals surface area contributed by atoms with Crippen molar-refractivity contribution in [2.24, 2.45) is 0 Å². The van der Waals surface area contributed by atoms with Gasteiger partial charge < -0.3 is 15.0 Å². The fourth-order valence-corrected chi connectivity index (χ4v) is 4.38. The van der Waals surface area contributed by atoms with Crippen LogP contribution in [0.2, 0.25) is 0 Å². The number of fused-ring (bicyclic) bond motifs is 1. The molecule has 0 saturated carbocycles. The maximum Gasteiger partial charge on any atom is 0.573 e. The first-order chi connectivity index (χ1) is 16.1. The van der Waals surface area contributed by atoms with Crippen LogP contribution in [0.3, 0.4) is 0 Å². The van der Waals surface area contributed by atoms with Crippen LogP contribution in [0.1, 0.15) is 30.9 Å². The molecule has 0 spiro atoms. The molecule has 2 aliphatic rings. The van der Waals surface area contributed by atoms with E-state index in [1.54, 1.807) is 42.2 Å². The van der Waals surface area contributed by atoms with Gasteiger partial charge in [0.15, 0.2) is 0 Å². The van der Waals surface area contributed by atoms with E-state index >= 15 is 0 Å². The zero-order chi connectivity index (χ0) is 24.5. The highest BCUT2D eigenvalue weighted by atomic mass is 19.4. The van der Waals surface area contributed by atoms with Crippen molar-refractivity contribution in [2.75, 3.05) is 18.0 Å². The number of aryl methyl sites for hydroxylation is 1. The van der Waals surface area contributed by atoms with E-state index in [4.69, 9.17) is 0 Å². The number of carbonyl (C=O) groups is 3. The summed E-state index contributed by atoms with van der Waals surface area (Å²) < 4.78 is 41.5. The molecule has 2 N–H and O–H groups in total. The van der Waals surface area contributed by atoms with Crippen molar-refractivity contribution in [3.8, 4) is 5.75 Å². The van der Waals surface area contributed by atoms with Crippen LogP contribution in [0.15, 0.2) is 48.5 Å². The Hall–Kier alpha value is -3.76. The van der Waals surface area contributed by atoms with Gasteiger partial charge in [-0.1, -0.05) is 37.3 Å². The van der Waals surface area contributed by atoms with E-state index in [0.29, 0.717) is 41.2 Å². The lowest BCUT2D eigenvalue weighted by Crippen LogP contribution is -2.51. The van der Waals surface area contributed by atoms with E-state index in [0.717, 1.165) is 0 Å². The highest BCUT2D eigenvalue weighted by Gasteiger charge is 2.52. The molecule has 34 heavy (non-hydrogen) atoms. The number of amides is 4. The summed E-state index contributed by atoms with van der Waals surface area (Å²) in [5.74, 6) is -1.52. The van der Waals surface area contributed by atoms with Gasteiger partial charge in [0.05, 0.1) is 6.54 Å². The molecule has 0 radical (unpaired) electrons. The van der Waals surface area contributed by atoms with Crippen LogP contribution >= 0.6 is 0 Å². The summed E-state index contributed by atoms with van der Waals surface area (Å²) in [5, 5.41) is 3.37. The van der Waals surface area contributed by atoms with Crippen molar-refractivity contribution in [2.45, 2.75) is 38.1 Å². The first-order valence-electron chi connectivity index (χ1n) is 10.8. The van der Waals surface area contributed by atoms with Crippen molar-refractivity contribution in [1.82, 2.24) is 15.8 Å². The summed E-state index contributed by atoms with van der Waals surface area (Å²) in [4.78, 5) is 40.2. The summed E-state index contributed by atoms with van der Waals surface area (Å²) in [7, 11) is 0. The number of hydrogen-bond acceptors (Lipinski definition) is 5. The van der Waals surface area contributed by atoms with E-state index in [2.05, 4.69) is 15.5 Å². The van der Waals surface area contributed by atoms with Gasteiger partial charge in [0.2, 0.25) is 0 Å². The Morgan fingerprint density at radius 3 is 2.59 bits per heavy atom. The number of imide groups is 1. The van der Waals surface area contributed by atoms with Gasteiger partial charge in [-0.15, -0.1) is 13.2 Å². The van der Waals surface area contributed by atoms with E-state index in [1.807, 2.05) is 0 Å². The van der Waals surface area contributed by atoms with Crippen LogP contribution in [0.5, 0.6) is 5.75 Å². The average Bonchev–Trinajstić information content (AvgIpc) is 3.03. The molecule has 1 unspecified atom stereocenters. The molecule has 0 aliphatic carbocycles. The largest absolute Gasteiger partial charge is 0.573 e. The van der Waals surface area contributed by atoms with Crippen LogP contribution < -0.4 is 20.4 Å². The Kier molecular flexibility index (Phi) is 6.11. The van der Waals surface area contributed by atoms with Crippen LogP contribution in [0.4, 0.5) is 23.7 Å². The summed E-state index contributed by atoms with van der Waals surface area (Å²) in [6, 6.07) is 12.0. The fraction of sp³-hybridized carbons (Fsp3) is 0.348. The molecule has 8 nitrogen and oxygen atoms in total. The topological polar surface area (TPSA) is 91.0 Å². The fourth-order valence-electron chi connectivity index (χ4n) is 4.38. The normalized spacial score (nSPS) is 20.1. The Morgan fingerprint density at radius 1 is 1.18 bits per heavy atom. The number of ether oxygens (including phenoxy) is 1. The van der Waals surface area contributed by atoms with E-state index < -0.39 is 29.7 Å². The number of hydrazine groups is 1. The molecular weight excluding hydrogens is 453 g/mol. The third-order valence-corrected chi connectivity index (χ3v) is 5.96. The van der Waals surface area contributed by atoms with E-state index in [1.165, 1.54) is 18.2 Å². The molecule has 2 aromatic rings. The smallest absolute Gasteiger partial charge is 0.406 e. The quantitative estimate of drug-likeness (QED) is 0.625. The maximum absolute atomic E-state index is 13.2. The standard InChI is InChI=1S/C23H23F3N4O4/c1-2-22(16-8-4-3-5-9-16)20(32)30(21(33)27-22)28-19(31)14-29-12-6-7-15-13-17(10-11-18(15)29)34-23(24,25)26/h3-5,8-11,13H,2,6-7,12,14H2,1H3,(H,27,33)(H,28,31). The van der Waals surface area contributed by atoms with Gasteiger partial charge in [0, 0.05) is 12.2 Å². The second-order valence-corrected chi connectivity index (χ2v) is 8.09. The van der Waals surface area contributed by atoms with E-state index in [-0.39, 0.29) is 18.7 Å². The van der Waals surface area contributed by atoms with E-state index in [9.17, 15) is 27.6 Å². The van der Waals surface area contributed by atoms with Crippen molar-refractivity contribution in [3.05, 3.63) is 59.7 Å². The predicted octanol–water partition coefficient (Wildman–Crippen LogP) is 3.23. The van der Waals surface area contributed by atoms with Gasteiger partial charge in [-0.05, 0) is 48.6 Å². The minimum Gasteiger partial charge on any atom is -0.406 e. The molecule has 1 fully saturated rings. The lowest BCUT2D eigenvalue weighted by atomic mass is 9.87. The molecule has 0 aromatic heterocycles. The second kappa shape index (κ2) is 8.88. The number of nitrogens with one attached hydrogen (secondary N) is 2. The Bertz CT molecular complexity index is 1110. The first kappa shape index (κ1) is 23.4. The molecular formula is C23H23F3N4O4. The molecule has 4 amide bonds. The van der Waals surface area contributed by atoms with Crippen LogP contribution in [-0.4, -0.2) is 42.3 Å². The monoisotopic (exact) mass is 476 g/mol. The third kappa shape index (κ3) is 4.50. The third-order valence-electron chi connectivity index (χ3n) is 5.96. The number of nitrogens with zero attached hydrogens (tertiary/aromatic N) is 2. The molecule has 4 rings (SSSR count). The van der Waals surface area contributed by atoms with Gasteiger partial charge in [0.1, 0.15) is 11.3 Å². The summed E-state index contributed by atoms with van der Waals surface area (Å²) in [5.41, 5.74) is 2.92. The minimum absolute atomic E-state index is 0.187. The SMILES string of the molecule is CCC1(c2ccccc2)NC(=O)N(NC(=O)CN2CCCc3cc(OC(F)(F)F)ccc32)C1=O. The minimum atomic E-state index is -4.79. The molecule has 2 aliphatic heterocycles. The van der Waals surface area contributed by atoms with Crippen LogP contribution in [0.25, 0.3) is 0 Å². The number of halogens is 3. The lowest BCUT2D eigenvalue weighted by molar-refractivity contribution is -0.274. The van der Waals surface area contributed by atoms with Gasteiger partial charge in [-0.25, -0.2) is 4.79 Å². The number of hydrogen-bond donors (Lipinski definition) is 2. The molecule has 11 heteroatoms. The molecule has 1 saturated heterocycles. The molecule has 180 valence electrons. The van der Waals surface area contributed by atoms with Gasteiger partial charge >= 0.3 is 12.4 Å². The Morgan fingerprint density at radius 2 is 1.91 bits per heavy atom. The highest BCUT2D eigenvalue weighted by Crippen LogP contribution is 2.33. The van der Waals surface area contributed by atoms with Gasteiger partial charge in [0.25, 0.3) is 11.8 Å². The molecule has 0 bridgehead atoms. The summed E-state index contributed by atoms with van der Waals surface area (Å²) in [6.45, 7) is 2.06. The molecule has 2 heterocycles. The lowest BCUT2D eigenvalue weighted by Gasteiger charge is -2.31. The highest BCUT2D eigenvalue weighted by molar-refractivity contribution is 6.08. The van der Waals surface area contributed by atoms with Gasteiger partial charge in [-0.3, -0.25) is 15.0 Å². The average molecular weight is 476 g/mol. The summed E-state index contributed by atoms with van der Waals surface area (Å²) in [6.07, 6.45) is -3.36. The maximum atomic E-state index is 13.2. The Labute approximate surface area is 193 Å². The number of anilines is 1. The number of benzene rings is 2. The van der Waals surface area contributed by atoms with Crippen LogP contribution in [0, 0.1) is 0 Å². The van der Waals surface area contributed by atoms with Gasteiger partial charge in [-0.2, -0.15) is 5.01 Å². The number of rotatable bonds is 6. The van der Waals surface area contributed by atoms with Crippen molar-refractivity contribution in [3.63, 3.8) is 0 Å². The number of alkyl halides is 3. The second-order valence-electron chi connectivity index (χ2n) is 8.09. The molecule has 1 atom stereocenters. The first-order valence-corrected chi connectivity index (χ1v) is 10.8. The number of carbonyl (C=O) groups excluding carboxylic acids is 3. The zero-order valence-corrected chi connectivity index (χ0v) is 18.3. The van der Waals surface area contributed by atoms with Crippen molar-refractivity contribution in [1.29, 1.82) is 0 Å². The zero-order valence-electron chi connectivity index (χ0n) is 18.3. The summed E-state index contributed by atoms with van der Waals surface area (Å²) >= 11 is 0. The Balaban J connectivity index is 1.47.